The number of rotatable bonds is 5. The van der Waals surface area contributed by atoms with E-state index in [1.807, 2.05) is 13.8 Å². The first-order chi connectivity index (χ1) is 15.4. The first-order valence-corrected chi connectivity index (χ1v) is 12.6. The van der Waals surface area contributed by atoms with Gasteiger partial charge in [-0.2, -0.15) is 0 Å². The third-order valence-corrected chi connectivity index (χ3v) is 10.5. The molecule has 0 aromatic carbocycles. The van der Waals surface area contributed by atoms with Crippen LogP contribution in [0.5, 0.6) is 0 Å². The van der Waals surface area contributed by atoms with Crippen LogP contribution in [-0.2, 0) is 19.1 Å². The zero-order valence-corrected chi connectivity index (χ0v) is 20.7. The Bertz CT molecular complexity index is 949. The number of allylic oxidation sites excluding steroid dienone is 4. The third kappa shape index (κ3) is 3.16. The highest BCUT2D eigenvalue weighted by Gasteiger charge is 2.73. The number of hydrogen-bond donors (Lipinski definition) is 1. The summed E-state index contributed by atoms with van der Waals surface area (Å²) < 4.78 is 20.6. The van der Waals surface area contributed by atoms with E-state index >= 15 is 4.39 Å². The molecule has 4 rings (SSSR count). The number of ketones is 2. The number of alkyl halides is 3. The lowest BCUT2D eigenvalue weighted by Crippen LogP contribution is -2.67. The maximum atomic E-state index is 15.7. The van der Waals surface area contributed by atoms with Crippen LogP contribution < -0.4 is 0 Å². The van der Waals surface area contributed by atoms with E-state index in [4.69, 9.17) is 27.9 Å². The summed E-state index contributed by atoms with van der Waals surface area (Å²) in [4.78, 5) is 36.5. The zero-order chi connectivity index (χ0) is 24.4. The molecule has 0 saturated heterocycles. The van der Waals surface area contributed by atoms with Crippen LogP contribution in [0.2, 0.25) is 0 Å². The molecule has 0 spiro atoms. The van der Waals surface area contributed by atoms with Gasteiger partial charge in [0.05, 0.1) is 0 Å². The summed E-state index contributed by atoms with van der Waals surface area (Å²) in [5, 5.41) is 11.7. The van der Waals surface area contributed by atoms with Crippen molar-refractivity contribution < 1.29 is 28.6 Å². The molecule has 2 unspecified atom stereocenters. The van der Waals surface area contributed by atoms with Gasteiger partial charge < -0.3 is 9.84 Å². The van der Waals surface area contributed by atoms with Crippen LogP contribution in [0.15, 0.2) is 23.8 Å². The Morgan fingerprint density at radius 1 is 1.27 bits per heavy atom. The van der Waals surface area contributed by atoms with Crippen LogP contribution in [0.1, 0.15) is 46.5 Å². The molecule has 33 heavy (non-hydrogen) atoms. The van der Waals surface area contributed by atoms with E-state index in [1.54, 1.807) is 6.08 Å². The number of Topliss-reactive ketones (excluding diaryl/α,β-unsaturated/α-hetero) is 1. The summed E-state index contributed by atoms with van der Waals surface area (Å²) in [7, 11) is 0. The fourth-order valence-corrected chi connectivity index (χ4v) is 9.03. The fraction of sp³-hybridized carbons (Fsp3) is 0.720. The van der Waals surface area contributed by atoms with Gasteiger partial charge in [-0.3, -0.25) is 14.4 Å². The van der Waals surface area contributed by atoms with Crippen LogP contribution >= 0.6 is 23.2 Å². The lowest BCUT2D eigenvalue weighted by molar-refractivity contribution is -0.189. The number of hydrogen-bond acceptors (Lipinski definition) is 5. The van der Waals surface area contributed by atoms with Crippen molar-refractivity contribution in [3.05, 3.63) is 23.8 Å². The highest BCUT2D eigenvalue weighted by Crippen LogP contribution is 2.74. The Balaban J connectivity index is 1.82. The lowest BCUT2D eigenvalue weighted by Gasteiger charge is -2.67. The van der Waals surface area contributed by atoms with Crippen molar-refractivity contribution in [1.29, 1.82) is 0 Å². The number of ether oxygens (including phenoxy) is 1. The number of carbonyl (C=O) groups excluding carboxylic acids is 3. The predicted octanol–water partition coefficient (Wildman–Crippen LogP) is 4.18. The molecule has 182 valence electrons. The van der Waals surface area contributed by atoms with Gasteiger partial charge in [0.2, 0.25) is 5.78 Å². The monoisotopic (exact) mass is 500 g/mol. The van der Waals surface area contributed by atoms with Gasteiger partial charge in [-0.15, -0.1) is 23.2 Å². The SMILES string of the molecule is CC(=O)OCC(=O)[C@@]1(O)CC[C@H]2[C@@H]3CC(F)C4=CC(=O)C=C[C@]4(C)[C@@]3(CCl)C(CCl)C[C@@]21C. The molecule has 4 aliphatic rings. The molecule has 0 heterocycles. The third-order valence-electron chi connectivity index (χ3n) is 9.65. The summed E-state index contributed by atoms with van der Waals surface area (Å²) in [6, 6.07) is 0. The van der Waals surface area contributed by atoms with E-state index in [9.17, 15) is 19.5 Å². The van der Waals surface area contributed by atoms with Crippen molar-refractivity contribution in [1.82, 2.24) is 0 Å². The minimum atomic E-state index is -1.70. The van der Waals surface area contributed by atoms with E-state index in [0.29, 0.717) is 18.4 Å². The van der Waals surface area contributed by atoms with Gasteiger partial charge in [0.15, 0.2) is 12.4 Å². The lowest BCUT2D eigenvalue weighted by atomic mass is 9.37. The molecule has 0 aliphatic heterocycles. The normalized spacial score (nSPS) is 46.2. The number of fused-ring (bicyclic) bond motifs is 5. The molecule has 4 aliphatic carbocycles. The van der Waals surface area contributed by atoms with Crippen LogP contribution in [0.4, 0.5) is 4.39 Å². The highest BCUT2D eigenvalue weighted by molar-refractivity contribution is 6.19. The summed E-state index contributed by atoms with van der Waals surface area (Å²) in [6.45, 7) is 4.55. The second-order valence-corrected chi connectivity index (χ2v) is 11.3. The van der Waals surface area contributed by atoms with E-state index in [-0.39, 0.29) is 48.1 Å². The van der Waals surface area contributed by atoms with Gasteiger partial charge in [-0.05, 0) is 61.2 Å². The molecular weight excluding hydrogens is 470 g/mol. The van der Waals surface area contributed by atoms with Crippen molar-refractivity contribution >= 4 is 40.7 Å². The van der Waals surface area contributed by atoms with E-state index in [1.165, 1.54) is 19.1 Å². The average molecular weight is 501 g/mol. The van der Waals surface area contributed by atoms with E-state index in [2.05, 4.69) is 0 Å². The standard InChI is InChI=1S/C25H31Cl2FO5/c1-14(29)33-12-21(31)25(32)7-5-17-18-9-20(28)19-8-16(30)4-6-22(19,2)24(18,13-27)15(11-26)10-23(17,25)3/h4,6,8,15,17-18,20,32H,5,7,9-13H2,1-3H3/t15?,17-,18-,20?,22-,23-,24-,25-/m0/s1. The number of halogens is 3. The van der Waals surface area contributed by atoms with Crippen LogP contribution in [0.3, 0.4) is 0 Å². The maximum absolute atomic E-state index is 15.7. The zero-order valence-electron chi connectivity index (χ0n) is 19.2. The van der Waals surface area contributed by atoms with Crippen LogP contribution in [0, 0.1) is 34.0 Å². The Hall–Kier alpha value is -1.24. The Morgan fingerprint density at radius 2 is 1.97 bits per heavy atom. The molecule has 8 atom stereocenters. The predicted molar refractivity (Wildman–Crippen MR) is 123 cm³/mol. The average Bonchev–Trinajstić information content (AvgIpc) is 3.04. The first-order valence-electron chi connectivity index (χ1n) is 11.5. The van der Waals surface area contributed by atoms with Gasteiger partial charge in [0.25, 0.3) is 0 Å². The Morgan fingerprint density at radius 3 is 2.58 bits per heavy atom. The minimum absolute atomic E-state index is 0.164. The molecule has 5 nitrogen and oxygen atoms in total. The van der Waals surface area contributed by atoms with E-state index in [0.717, 1.165) is 0 Å². The van der Waals surface area contributed by atoms with E-state index < -0.39 is 46.4 Å². The minimum Gasteiger partial charge on any atom is -0.458 e. The molecule has 0 radical (unpaired) electrons. The first kappa shape index (κ1) is 24.9. The molecular formula is C25H31Cl2FO5. The number of esters is 1. The largest absolute Gasteiger partial charge is 0.458 e. The van der Waals surface area contributed by atoms with Crippen molar-refractivity contribution in [3.63, 3.8) is 0 Å². The molecule has 3 saturated carbocycles. The molecule has 0 aromatic rings. The van der Waals surface area contributed by atoms with Crippen LogP contribution in [-0.4, -0.2) is 52.8 Å². The number of aliphatic hydroxyl groups is 1. The van der Waals surface area contributed by atoms with Crippen LogP contribution in [0.25, 0.3) is 0 Å². The van der Waals surface area contributed by atoms with Gasteiger partial charge in [-0.25, -0.2) is 4.39 Å². The molecule has 0 bridgehead atoms. The van der Waals surface area contributed by atoms with Crippen molar-refractivity contribution in [3.8, 4) is 0 Å². The van der Waals surface area contributed by atoms with Gasteiger partial charge >= 0.3 is 5.97 Å². The van der Waals surface area contributed by atoms with Gasteiger partial charge in [0.1, 0.15) is 11.8 Å². The summed E-state index contributed by atoms with van der Waals surface area (Å²) in [5.74, 6) is -1.56. The quantitative estimate of drug-likeness (QED) is 0.452. The Kier molecular flexibility index (Phi) is 6.15. The Labute approximate surface area is 203 Å². The van der Waals surface area contributed by atoms with Crippen molar-refractivity contribution in [2.24, 2.45) is 34.0 Å². The molecule has 8 heteroatoms. The molecule has 3 fully saturated rings. The number of carbonyl (C=O) groups is 3. The topological polar surface area (TPSA) is 80.7 Å². The van der Waals surface area contributed by atoms with Gasteiger partial charge in [0, 0.05) is 34.9 Å². The second-order valence-electron chi connectivity index (χ2n) is 10.7. The molecule has 0 amide bonds. The molecule has 0 aromatic heterocycles. The van der Waals surface area contributed by atoms with Gasteiger partial charge in [-0.1, -0.05) is 19.9 Å². The summed E-state index contributed by atoms with van der Waals surface area (Å²) in [5.41, 5.74) is -3.54. The maximum Gasteiger partial charge on any atom is 0.303 e. The second kappa shape index (κ2) is 8.17. The highest BCUT2D eigenvalue weighted by atomic mass is 35.5. The fourth-order valence-electron chi connectivity index (χ4n) is 7.95. The summed E-state index contributed by atoms with van der Waals surface area (Å²) in [6.07, 6.45) is 4.69. The van der Waals surface area contributed by atoms with Crippen molar-refractivity contribution in [2.75, 3.05) is 18.4 Å². The van der Waals surface area contributed by atoms with Crippen molar-refractivity contribution in [2.45, 2.75) is 58.2 Å². The molecule has 1 N–H and O–H groups in total. The smallest absolute Gasteiger partial charge is 0.303 e. The summed E-state index contributed by atoms with van der Waals surface area (Å²) >= 11 is 13.3.